The molecule has 2 aromatic carbocycles. The zero-order chi connectivity index (χ0) is 24.7. The summed E-state index contributed by atoms with van der Waals surface area (Å²) in [5.74, 6) is -3.21. The predicted octanol–water partition coefficient (Wildman–Crippen LogP) is 4.42. The third kappa shape index (κ3) is 6.04. The second-order valence-corrected chi connectivity index (χ2v) is 7.95. The number of hydrogen-bond donors (Lipinski definition) is 2. The maximum absolute atomic E-state index is 13.0. The fourth-order valence-corrected chi connectivity index (χ4v) is 4.05. The number of carbonyl (C=O) groups is 4. The zero-order valence-corrected chi connectivity index (χ0v) is 19.2. The monoisotopic (exact) mass is 484 g/mol. The average Bonchev–Trinajstić information content (AvgIpc) is 3.14. The maximum atomic E-state index is 13.0. The number of amides is 2. The van der Waals surface area contributed by atoms with Crippen LogP contribution in [0.5, 0.6) is 0 Å². The van der Waals surface area contributed by atoms with E-state index in [2.05, 4.69) is 10.6 Å². The second-order valence-electron chi connectivity index (χ2n) is 6.93. The number of rotatable bonds is 8. The Labute approximate surface area is 198 Å². The van der Waals surface area contributed by atoms with Crippen molar-refractivity contribution in [3.63, 3.8) is 0 Å². The average molecular weight is 485 g/mol. The molecule has 0 aliphatic rings. The Balaban J connectivity index is 1.76. The van der Waals surface area contributed by atoms with E-state index in [0.29, 0.717) is 11.3 Å². The molecule has 3 rings (SSSR count). The van der Waals surface area contributed by atoms with Crippen LogP contribution in [0.2, 0.25) is 0 Å². The Morgan fingerprint density at radius 2 is 1.59 bits per heavy atom. The minimum absolute atomic E-state index is 0.0447. The Hall–Kier alpha value is -4.05. The Kier molecular flexibility index (Phi) is 8.10. The van der Waals surface area contributed by atoms with Crippen molar-refractivity contribution in [1.82, 2.24) is 0 Å². The molecule has 0 aliphatic carbocycles. The minimum atomic E-state index is -0.814. The minimum Gasteiger partial charge on any atom is -0.462 e. The summed E-state index contributed by atoms with van der Waals surface area (Å²) >= 11 is 0.901. The fraction of sp³-hybridized carbons (Fsp3) is 0.167. The number of anilines is 2. The van der Waals surface area contributed by atoms with E-state index < -0.39 is 36.2 Å². The van der Waals surface area contributed by atoms with E-state index in [-0.39, 0.29) is 27.6 Å². The molecular weight excluding hydrogens is 463 g/mol. The van der Waals surface area contributed by atoms with E-state index in [9.17, 15) is 23.6 Å². The Bertz CT molecular complexity index is 1210. The fourth-order valence-electron chi connectivity index (χ4n) is 2.94. The molecule has 0 saturated carbocycles. The molecule has 1 aromatic heterocycles. The van der Waals surface area contributed by atoms with Crippen LogP contribution >= 0.6 is 11.3 Å². The predicted molar refractivity (Wildman–Crippen MR) is 125 cm³/mol. The second kappa shape index (κ2) is 11.2. The maximum Gasteiger partial charge on any atom is 0.341 e. The van der Waals surface area contributed by atoms with Crippen molar-refractivity contribution in [2.75, 3.05) is 23.8 Å². The van der Waals surface area contributed by atoms with E-state index >= 15 is 0 Å². The normalized spacial score (nSPS) is 10.3. The summed E-state index contributed by atoms with van der Waals surface area (Å²) in [6.07, 6.45) is 0. The van der Waals surface area contributed by atoms with E-state index in [1.54, 1.807) is 44.2 Å². The third-order valence-electron chi connectivity index (χ3n) is 4.53. The first-order valence-electron chi connectivity index (χ1n) is 10.2. The van der Waals surface area contributed by atoms with Gasteiger partial charge in [0.2, 0.25) is 0 Å². The lowest BCUT2D eigenvalue weighted by Crippen LogP contribution is -2.21. The topological polar surface area (TPSA) is 111 Å². The van der Waals surface area contributed by atoms with Gasteiger partial charge in [0, 0.05) is 5.69 Å². The number of halogens is 1. The van der Waals surface area contributed by atoms with Crippen LogP contribution in [-0.2, 0) is 14.3 Å². The number of esters is 2. The molecule has 0 radical (unpaired) electrons. The lowest BCUT2D eigenvalue weighted by atomic mass is 10.1. The van der Waals surface area contributed by atoms with Crippen LogP contribution in [0.25, 0.3) is 0 Å². The number of para-hydroxylation sites is 1. The molecule has 8 nitrogen and oxygen atoms in total. The van der Waals surface area contributed by atoms with Crippen LogP contribution in [0.3, 0.4) is 0 Å². The van der Waals surface area contributed by atoms with Gasteiger partial charge in [-0.2, -0.15) is 0 Å². The van der Waals surface area contributed by atoms with E-state index in [1.807, 2.05) is 0 Å². The first-order chi connectivity index (χ1) is 16.3. The van der Waals surface area contributed by atoms with Gasteiger partial charge in [0.1, 0.15) is 10.8 Å². The van der Waals surface area contributed by atoms with Crippen molar-refractivity contribution in [2.45, 2.75) is 13.8 Å². The van der Waals surface area contributed by atoms with Crippen molar-refractivity contribution < 1.29 is 33.0 Å². The largest absolute Gasteiger partial charge is 0.462 e. The van der Waals surface area contributed by atoms with E-state index in [1.165, 1.54) is 12.1 Å². The quantitative estimate of drug-likeness (QED) is 0.458. The van der Waals surface area contributed by atoms with Crippen molar-refractivity contribution in [2.24, 2.45) is 0 Å². The number of thiophene rings is 1. The highest BCUT2D eigenvalue weighted by molar-refractivity contribution is 7.19. The van der Waals surface area contributed by atoms with E-state index in [4.69, 9.17) is 9.47 Å². The molecule has 2 N–H and O–H groups in total. The lowest BCUT2D eigenvalue weighted by Gasteiger charge is -2.08. The highest BCUT2D eigenvalue weighted by Gasteiger charge is 2.27. The summed E-state index contributed by atoms with van der Waals surface area (Å²) < 4.78 is 23.0. The van der Waals surface area contributed by atoms with Crippen molar-refractivity contribution in [3.05, 3.63) is 82.0 Å². The highest BCUT2D eigenvalue weighted by atomic mass is 32.1. The van der Waals surface area contributed by atoms with Gasteiger partial charge < -0.3 is 20.1 Å². The van der Waals surface area contributed by atoms with Crippen LogP contribution in [0.4, 0.5) is 15.1 Å². The number of hydrogen-bond acceptors (Lipinski definition) is 7. The van der Waals surface area contributed by atoms with Gasteiger partial charge in [-0.3, -0.25) is 9.59 Å². The number of benzene rings is 2. The van der Waals surface area contributed by atoms with Gasteiger partial charge in [-0.05, 0) is 55.8 Å². The summed E-state index contributed by atoms with van der Waals surface area (Å²) in [5, 5.41) is 5.34. The molecule has 0 unspecified atom stereocenters. The third-order valence-corrected chi connectivity index (χ3v) is 5.74. The molecule has 10 heteroatoms. The first kappa shape index (κ1) is 24.6. The number of ether oxygens (including phenoxy) is 2. The summed E-state index contributed by atoms with van der Waals surface area (Å²) in [7, 11) is 0. The smallest absolute Gasteiger partial charge is 0.341 e. The molecule has 0 fully saturated rings. The first-order valence-corrected chi connectivity index (χ1v) is 11.0. The molecule has 0 atom stereocenters. The van der Waals surface area contributed by atoms with Crippen LogP contribution in [0.15, 0.2) is 54.6 Å². The van der Waals surface area contributed by atoms with Crippen LogP contribution in [0.1, 0.15) is 42.9 Å². The molecule has 1 heterocycles. The Morgan fingerprint density at radius 1 is 0.912 bits per heavy atom. The van der Waals surface area contributed by atoms with E-state index in [0.717, 1.165) is 23.5 Å². The van der Waals surface area contributed by atoms with Gasteiger partial charge in [0.05, 0.1) is 22.6 Å². The van der Waals surface area contributed by atoms with Crippen LogP contribution in [0, 0.1) is 12.7 Å². The van der Waals surface area contributed by atoms with Gasteiger partial charge in [-0.25, -0.2) is 14.0 Å². The lowest BCUT2D eigenvalue weighted by molar-refractivity contribution is -0.119. The van der Waals surface area contributed by atoms with Crippen molar-refractivity contribution in [3.8, 4) is 0 Å². The van der Waals surface area contributed by atoms with Gasteiger partial charge in [-0.15, -0.1) is 11.3 Å². The molecule has 2 amide bonds. The molecule has 0 bridgehead atoms. The Morgan fingerprint density at radius 3 is 2.24 bits per heavy atom. The molecular formula is C24H21FN2O6S. The molecule has 0 aliphatic heterocycles. The van der Waals surface area contributed by atoms with Gasteiger partial charge in [-0.1, -0.05) is 18.2 Å². The summed E-state index contributed by atoms with van der Waals surface area (Å²) in [5.41, 5.74) is 1.03. The molecule has 176 valence electrons. The van der Waals surface area contributed by atoms with Gasteiger partial charge in [0.25, 0.3) is 11.8 Å². The molecule has 0 saturated heterocycles. The van der Waals surface area contributed by atoms with Crippen LogP contribution in [-0.4, -0.2) is 37.0 Å². The summed E-state index contributed by atoms with van der Waals surface area (Å²) in [6, 6.07) is 13.4. The van der Waals surface area contributed by atoms with Gasteiger partial charge in [0.15, 0.2) is 6.61 Å². The van der Waals surface area contributed by atoms with Crippen LogP contribution < -0.4 is 10.6 Å². The number of nitrogens with one attached hydrogen (secondary N) is 2. The molecule has 0 spiro atoms. The standard InChI is InChI=1S/C24H21FN2O6S/c1-3-32-24(31)19-14(2)20(21(29)26-17-7-5-4-6-8-17)34-22(19)27-18(28)13-33-23(30)15-9-11-16(25)12-10-15/h4-12H,3,13H2,1-2H3,(H,26,29)(H,27,28). The van der Waals surface area contributed by atoms with Crippen molar-refractivity contribution >= 4 is 45.8 Å². The van der Waals surface area contributed by atoms with Gasteiger partial charge >= 0.3 is 11.9 Å². The zero-order valence-electron chi connectivity index (χ0n) is 18.3. The number of carbonyl (C=O) groups excluding carboxylic acids is 4. The van der Waals surface area contributed by atoms with Crippen molar-refractivity contribution in [1.29, 1.82) is 0 Å². The summed E-state index contributed by atoms with van der Waals surface area (Å²) in [6.45, 7) is 2.66. The molecule has 34 heavy (non-hydrogen) atoms. The SMILES string of the molecule is CCOC(=O)c1c(NC(=O)COC(=O)c2ccc(F)cc2)sc(C(=O)Nc2ccccc2)c1C. The summed E-state index contributed by atoms with van der Waals surface area (Å²) in [4.78, 5) is 50.0. The molecule has 3 aromatic rings. The highest BCUT2D eigenvalue weighted by Crippen LogP contribution is 2.34.